The van der Waals surface area contributed by atoms with Gasteiger partial charge in [0.2, 0.25) is 5.95 Å². The van der Waals surface area contributed by atoms with Crippen LogP contribution in [0.3, 0.4) is 0 Å². The predicted molar refractivity (Wildman–Crippen MR) is 45.1 cm³/mol. The number of nitrogen functional groups attached to an aromatic ring is 1. The molecule has 4 N–H and O–H groups in total. The molecule has 0 atom stereocenters. The van der Waals surface area contributed by atoms with Gasteiger partial charge in [-0.05, 0) is 0 Å². The lowest BCUT2D eigenvalue weighted by atomic mass is 10.8. The van der Waals surface area contributed by atoms with Crippen molar-refractivity contribution < 1.29 is 10.0 Å². The Morgan fingerprint density at radius 3 is 2.69 bits per heavy atom. The number of hydrogen-bond acceptors (Lipinski definition) is 8. The highest BCUT2D eigenvalue weighted by molar-refractivity contribution is 5.38. The second kappa shape index (κ2) is 3.83. The molecule has 1 rings (SSSR count). The third-order valence-corrected chi connectivity index (χ3v) is 1.30. The van der Waals surface area contributed by atoms with Crippen LogP contribution in [0.1, 0.15) is 0 Å². The van der Waals surface area contributed by atoms with Crippen molar-refractivity contribution in [1.82, 2.24) is 15.0 Å². The van der Waals surface area contributed by atoms with Gasteiger partial charge in [0.25, 0.3) is 11.9 Å². The normalized spacial score (nSPS) is 9.77. The minimum Gasteiger partial charge on any atom is -0.368 e. The Bertz CT molecular complexity index is 292. The smallest absolute Gasteiger partial charge is 0.256 e. The Balaban J connectivity index is 3.01. The summed E-state index contributed by atoms with van der Waals surface area (Å²) in [6.45, 7) is 0. The van der Waals surface area contributed by atoms with Crippen LogP contribution < -0.4 is 16.3 Å². The van der Waals surface area contributed by atoms with E-state index in [0.717, 1.165) is 0 Å². The minimum absolute atomic E-state index is 0.00884. The van der Waals surface area contributed by atoms with Crippen molar-refractivity contribution in [3.8, 4) is 0 Å². The van der Waals surface area contributed by atoms with Crippen LogP contribution in [0.2, 0.25) is 0 Å². The lowest BCUT2D eigenvalue weighted by molar-refractivity contribution is 0.180. The fraction of sp³-hybridized carbons (Fsp3) is 0.400. The fourth-order valence-electron chi connectivity index (χ4n) is 0.653. The van der Waals surface area contributed by atoms with Crippen LogP contribution in [0, 0.1) is 0 Å². The Morgan fingerprint density at radius 1 is 1.46 bits per heavy atom. The van der Waals surface area contributed by atoms with Crippen molar-refractivity contribution in [2.24, 2.45) is 0 Å². The van der Waals surface area contributed by atoms with Crippen LogP contribution in [0.4, 0.5) is 17.8 Å². The SMILES string of the molecule is CON(C)c1nc(N)nc(NO)n1. The van der Waals surface area contributed by atoms with Crippen LogP contribution in [0.5, 0.6) is 0 Å². The zero-order valence-electron chi connectivity index (χ0n) is 7.22. The summed E-state index contributed by atoms with van der Waals surface area (Å²) in [5, 5.41) is 9.80. The summed E-state index contributed by atoms with van der Waals surface area (Å²) in [6, 6.07) is 0. The first-order valence-corrected chi connectivity index (χ1v) is 3.37. The van der Waals surface area contributed by atoms with E-state index in [1.165, 1.54) is 12.2 Å². The van der Waals surface area contributed by atoms with E-state index in [4.69, 9.17) is 15.8 Å². The van der Waals surface area contributed by atoms with Crippen molar-refractivity contribution in [3.05, 3.63) is 0 Å². The first kappa shape index (κ1) is 9.42. The molecule has 0 aliphatic rings. The highest BCUT2D eigenvalue weighted by Gasteiger charge is 2.07. The van der Waals surface area contributed by atoms with Crippen LogP contribution in [-0.4, -0.2) is 34.3 Å². The summed E-state index contributed by atoms with van der Waals surface area (Å²) < 4.78 is 0. The molecule has 0 unspecified atom stereocenters. The van der Waals surface area contributed by atoms with E-state index in [0.29, 0.717) is 0 Å². The van der Waals surface area contributed by atoms with Crippen LogP contribution in [-0.2, 0) is 4.84 Å². The molecule has 1 heterocycles. The molecular formula is C5H10N6O2. The lowest BCUT2D eigenvalue weighted by Crippen LogP contribution is -2.19. The van der Waals surface area contributed by atoms with Gasteiger partial charge in [0, 0.05) is 7.05 Å². The third-order valence-electron chi connectivity index (χ3n) is 1.30. The average molecular weight is 186 g/mol. The van der Waals surface area contributed by atoms with Gasteiger partial charge in [0.15, 0.2) is 0 Å². The molecule has 1 aromatic rings. The van der Waals surface area contributed by atoms with Crippen molar-refractivity contribution in [2.75, 3.05) is 30.4 Å². The van der Waals surface area contributed by atoms with E-state index in [2.05, 4.69) is 15.0 Å². The van der Waals surface area contributed by atoms with Crippen LogP contribution in [0.25, 0.3) is 0 Å². The van der Waals surface area contributed by atoms with E-state index in [-0.39, 0.29) is 17.8 Å². The first-order chi connectivity index (χ1) is 6.17. The van der Waals surface area contributed by atoms with Crippen molar-refractivity contribution >= 4 is 17.8 Å². The Hall–Kier alpha value is -1.67. The van der Waals surface area contributed by atoms with Gasteiger partial charge in [-0.25, -0.2) is 10.5 Å². The van der Waals surface area contributed by atoms with E-state index in [1.54, 1.807) is 12.5 Å². The number of hydrogen-bond donors (Lipinski definition) is 3. The zero-order chi connectivity index (χ0) is 9.84. The number of nitrogens with two attached hydrogens (primary N) is 1. The molecule has 8 heteroatoms. The average Bonchev–Trinajstić information content (AvgIpc) is 2.15. The molecule has 0 fully saturated rings. The van der Waals surface area contributed by atoms with Gasteiger partial charge in [0.1, 0.15) is 0 Å². The van der Waals surface area contributed by atoms with Gasteiger partial charge >= 0.3 is 0 Å². The second-order valence-electron chi connectivity index (χ2n) is 2.11. The monoisotopic (exact) mass is 186 g/mol. The molecule has 8 nitrogen and oxygen atoms in total. The summed E-state index contributed by atoms with van der Waals surface area (Å²) >= 11 is 0. The van der Waals surface area contributed by atoms with Crippen molar-refractivity contribution in [3.63, 3.8) is 0 Å². The standard InChI is InChI=1S/C5H10N6O2/c1-11(13-2)5-8-3(6)7-4(9-5)10-12/h12H,1-2H3,(H3,6,7,8,9,10). The van der Waals surface area contributed by atoms with Crippen molar-refractivity contribution in [2.45, 2.75) is 0 Å². The largest absolute Gasteiger partial charge is 0.368 e. The van der Waals surface area contributed by atoms with Gasteiger partial charge in [-0.2, -0.15) is 15.0 Å². The molecule has 0 aromatic carbocycles. The van der Waals surface area contributed by atoms with Crippen LogP contribution >= 0.6 is 0 Å². The summed E-state index contributed by atoms with van der Waals surface area (Å²) in [4.78, 5) is 15.9. The Morgan fingerprint density at radius 2 is 2.15 bits per heavy atom. The molecule has 13 heavy (non-hydrogen) atoms. The maximum absolute atomic E-state index is 8.52. The maximum atomic E-state index is 8.52. The summed E-state index contributed by atoms with van der Waals surface area (Å²) in [6.07, 6.45) is 0. The number of hydroxylamine groups is 1. The van der Waals surface area contributed by atoms with E-state index >= 15 is 0 Å². The minimum atomic E-state index is -0.0357. The molecule has 0 saturated heterocycles. The molecule has 0 aliphatic carbocycles. The van der Waals surface area contributed by atoms with Crippen molar-refractivity contribution in [1.29, 1.82) is 0 Å². The summed E-state index contributed by atoms with van der Waals surface area (Å²) in [5.41, 5.74) is 7.09. The second-order valence-corrected chi connectivity index (χ2v) is 2.11. The lowest BCUT2D eigenvalue weighted by Gasteiger charge is -2.13. The first-order valence-electron chi connectivity index (χ1n) is 3.37. The Kier molecular flexibility index (Phi) is 2.77. The quantitative estimate of drug-likeness (QED) is 0.529. The fourth-order valence-corrected chi connectivity index (χ4v) is 0.653. The number of anilines is 3. The molecule has 0 radical (unpaired) electrons. The predicted octanol–water partition coefficient (Wildman–Crippen LogP) is -0.748. The Labute approximate surface area is 74.3 Å². The van der Waals surface area contributed by atoms with E-state index in [1.807, 2.05) is 0 Å². The molecule has 0 bridgehead atoms. The van der Waals surface area contributed by atoms with Crippen LogP contribution in [0.15, 0.2) is 0 Å². The molecule has 72 valence electrons. The third kappa shape index (κ3) is 2.13. The molecule has 0 amide bonds. The number of nitrogens with zero attached hydrogens (tertiary/aromatic N) is 4. The summed E-state index contributed by atoms with van der Waals surface area (Å²) in [5.74, 6) is 0.156. The number of aromatic nitrogens is 3. The molecule has 0 aliphatic heterocycles. The van der Waals surface area contributed by atoms with Gasteiger partial charge in [-0.1, -0.05) is 0 Å². The van der Waals surface area contributed by atoms with Gasteiger partial charge in [-0.3, -0.25) is 10.0 Å². The van der Waals surface area contributed by atoms with Gasteiger partial charge < -0.3 is 5.73 Å². The zero-order valence-corrected chi connectivity index (χ0v) is 7.22. The number of rotatable bonds is 3. The molecule has 0 saturated carbocycles. The topological polar surface area (TPSA) is 109 Å². The maximum Gasteiger partial charge on any atom is 0.256 e. The van der Waals surface area contributed by atoms with Gasteiger partial charge in [0.05, 0.1) is 7.11 Å². The van der Waals surface area contributed by atoms with Gasteiger partial charge in [-0.15, -0.1) is 0 Å². The molecule has 1 aromatic heterocycles. The highest BCUT2D eigenvalue weighted by Crippen LogP contribution is 2.09. The summed E-state index contributed by atoms with van der Waals surface area (Å²) in [7, 11) is 3.04. The molecular weight excluding hydrogens is 176 g/mol. The van der Waals surface area contributed by atoms with E-state index < -0.39 is 0 Å². The molecule has 0 spiro atoms. The van der Waals surface area contributed by atoms with E-state index in [9.17, 15) is 0 Å². The highest BCUT2D eigenvalue weighted by atomic mass is 16.7. The number of nitrogens with one attached hydrogen (secondary N) is 1.